The van der Waals surface area contributed by atoms with E-state index in [1.165, 1.54) is 0 Å². The van der Waals surface area contributed by atoms with Crippen molar-refractivity contribution in [2.45, 2.75) is 19.3 Å². The van der Waals surface area contributed by atoms with Crippen molar-refractivity contribution < 1.29 is 9.90 Å². The normalized spacial score (nSPS) is 20.8. The Kier molecular flexibility index (Phi) is 4.90. The van der Waals surface area contributed by atoms with Crippen LogP contribution in [0.25, 0.3) is 0 Å². The Morgan fingerprint density at radius 3 is 2.83 bits per heavy atom. The number of ketones is 1. The summed E-state index contributed by atoms with van der Waals surface area (Å²) in [6.45, 7) is 3.06. The summed E-state index contributed by atoms with van der Waals surface area (Å²) in [5, 5.41) is 9.17. The molecule has 1 heterocycles. The Labute approximate surface area is 108 Å². The molecule has 0 bridgehead atoms. The van der Waals surface area contributed by atoms with Crippen LogP contribution in [0.1, 0.15) is 29.6 Å². The third-order valence-corrected chi connectivity index (χ3v) is 3.61. The van der Waals surface area contributed by atoms with E-state index in [-0.39, 0.29) is 12.4 Å². The van der Waals surface area contributed by atoms with E-state index in [1.54, 1.807) is 0 Å². The predicted molar refractivity (Wildman–Crippen MR) is 71.6 cm³/mol. The van der Waals surface area contributed by atoms with Gasteiger partial charge in [0.15, 0.2) is 5.78 Å². The Morgan fingerprint density at radius 1 is 1.33 bits per heavy atom. The van der Waals surface area contributed by atoms with Gasteiger partial charge in [0.1, 0.15) is 0 Å². The number of carbonyl (C=O) groups excluding carboxylic acids is 1. The molecule has 0 spiro atoms. The first-order valence-corrected chi connectivity index (χ1v) is 6.71. The molecule has 1 aliphatic heterocycles. The van der Waals surface area contributed by atoms with Crippen molar-refractivity contribution in [2.24, 2.45) is 5.92 Å². The molecule has 0 unspecified atom stereocenters. The highest BCUT2D eigenvalue weighted by Gasteiger charge is 2.19. The van der Waals surface area contributed by atoms with Crippen LogP contribution in [0.2, 0.25) is 0 Å². The Hall–Kier alpha value is -1.19. The smallest absolute Gasteiger partial charge is 0.164 e. The quantitative estimate of drug-likeness (QED) is 0.809. The zero-order valence-electron chi connectivity index (χ0n) is 10.7. The standard InChI is InChI=1S/C15H21NO2/c17-12-13-5-4-9-16(11-13)10-8-15(18)14-6-2-1-3-7-14/h1-3,6-7,13,17H,4-5,8-12H2/t13-/m1/s1. The zero-order chi connectivity index (χ0) is 12.8. The van der Waals surface area contributed by atoms with Gasteiger partial charge in [0, 0.05) is 31.7 Å². The fourth-order valence-electron chi connectivity index (χ4n) is 2.53. The summed E-state index contributed by atoms with van der Waals surface area (Å²) in [5.74, 6) is 0.604. The number of Topliss-reactive ketones (excluding diaryl/α,β-unsaturated/α-hetero) is 1. The van der Waals surface area contributed by atoms with Crippen LogP contribution in [-0.4, -0.2) is 42.0 Å². The van der Waals surface area contributed by atoms with E-state index in [0.29, 0.717) is 12.3 Å². The Bertz CT molecular complexity index is 377. The lowest BCUT2D eigenvalue weighted by molar-refractivity contribution is 0.0917. The fourth-order valence-corrected chi connectivity index (χ4v) is 2.53. The zero-order valence-corrected chi connectivity index (χ0v) is 10.7. The molecule has 0 amide bonds. The lowest BCUT2D eigenvalue weighted by atomic mass is 9.98. The van der Waals surface area contributed by atoms with Crippen molar-refractivity contribution in [3.63, 3.8) is 0 Å². The number of hydrogen-bond acceptors (Lipinski definition) is 3. The molecule has 0 aliphatic carbocycles. The van der Waals surface area contributed by atoms with E-state index in [2.05, 4.69) is 4.90 Å². The summed E-state index contributed by atoms with van der Waals surface area (Å²) in [6.07, 6.45) is 2.81. The average Bonchev–Trinajstić information content (AvgIpc) is 2.46. The molecule has 1 N–H and O–H groups in total. The molecular weight excluding hydrogens is 226 g/mol. The number of carbonyl (C=O) groups is 1. The van der Waals surface area contributed by atoms with Crippen LogP contribution >= 0.6 is 0 Å². The summed E-state index contributed by atoms with van der Waals surface area (Å²) in [4.78, 5) is 14.3. The molecular formula is C15H21NO2. The summed E-state index contributed by atoms with van der Waals surface area (Å²) < 4.78 is 0. The highest BCUT2D eigenvalue weighted by Crippen LogP contribution is 2.16. The third kappa shape index (κ3) is 3.65. The van der Waals surface area contributed by atoms with Crippen molar-refractivity contribution in [1.29, 1.82) is 0 Å². The van der Waals surface area contributed by atoms with Crippen LogP contribution in [0, 0.1) is 5.92 Å². The number of rotatable bonds is 5. The first kappa shape index (κ1) is 13.2. The van der Waals surface area contributed by atoms with Crippen LogP contribution in [0.15, 0.2) is 30.3 Å². The van der Waals surface area contributed by atoms with Gasteiger partial charge >= 0.3 is 0 Å². The van der Waals surface area contributed by atoms with Gasteiger partial charge in [-0.25, -0.2) is 0 Å². The van der Waals surface area contributed by atoms with Gasteiger partial charge in [0.05, 0.1) is 0 Å². The van der Waals surface area contributed by atoms with Crippen molar-refractivity contribution in [3.05, 3.63) is 35.9 Å². The lowest BCUT2D eigenvalue weighted by Gasteiger charge is -2.31. The van der Waals surface area contributed by atoms with E-state index in [4.69, 9.17) is 0 Å². The molecule has 1 aliphatic rings. The molecule has 98 valence electrons. The molecule has 0 aromatic heterocycles. The van der Waals surface area contributed by atoms with Gasteiger partial charge < -0.3 is 10.0 Å². The van der Waals surface area contributed by atoms with E-state index < -0.39 is 0 Å². The minimum Gasteiger partial charge on any atom is -0.396 e. The van der Waals surface area contributed by atoms with Gasteiger partial charge in [-0.05, 0) is 25.3 Å². The number of aliphatic hydroxyl groups excluding tert-OH is 1. The van der Waals surface area contributed by atoms with Crippen LogP contribution in [0.3, 0.4) is 0 Å². The van der Waals surface area contributed by atoms with Crippen molar-refractivity contribution >= 4 is 5.78 Å². The van der Waals surface area contributed by atoms with Gasteiger partial charge in [-0.1, -0.05) is 30.3 Å². The molecule has 18 heavy (non-hydrogen) atoms. The van der Waals surface area contributed by atoms with Crippen LogP contribution < -0.4 is 0 Å². The minimum absolute atomic E-state index is 0.210. The van der Waals surface area contributed by atoms with Crippen molar-refractivity contribution in [1.82, 2.24) is 4.90 Å². The van der Waals surface area contributed by atoms with Gasteiger partial charge in [-0.3, -0.25) is 4.79 Å². The first-order valence-electron chi connectivity index (χ1n) is 6.71. The number of hydrogen-bond donors (Lipinski definition) is 1. The lowest BCUT2D eigenvalue weighted by Crippen LogP contribution is -2.37. The average molecular weight is 247 g/mol. The van der Waals surface area contributed by atoms with Gasteiger partial charge in [0.25, 0.3) is 0 Å². The largest absolute Gasteiger partial charge is 0.396 e. The number of aliphatic hydroxyl groups is 1. The van der Waals surface area contributed by atoms with E-state index in [9.17, 15) is 9.90 Å². The maximum atomic E-state index is 12.0. The summed E-state index contributed by atoms with van der Waals surface area (Å²) in [6, 6.07) is 9.46. The number of likely N-dealkylation sites (tertiary alicyclic amines) is 1. The van der Waals surface area contributed by atoms with Gasteiger partial charge in [-0.15, -0.1) is 0 Å². The molecule has 1 saturated heterocycles. The predicted octanol–water partition coefficient (Wildman–Crippen LogP) is 1.96. The van der Waals surface area contributed by atoms with Crippen molar-refractivity contribution in [3.8, 4) is 0 Å². The highest BCUT2D eigenvalue weighted by molar-refractivity contribution is 5.96. The van der Waals surface area contributed by atoms with E-state index in [0.717, 1.165) is 38.0 Å². The number of nitrogens with zero attached hydrogens (tertiary/aromatic N) is 1. The molecule has 1 aromatic rings. The van der Waals surface area contributed by atoms with Crippen LogP contribution in [-0.2, 0) is 0 Å². The van der Waals surface area contributed by atoms with E-state index >= 15 is 0 Å². The molecule has 0 radical (unpaired) electrons. The summed E-state index contributed by atoms with van der Waals surface area (Å²) in [7, 11) is 0. The second-order valence-corrected chi connectivity index (χ2v) is 5.03. The van der Waals surface area contributed by atoms with E-state index in [1.807, 2.05) is 30.3 Å². The third-order valence-electron chi connectivity index (χ3n) is 3.61. The minimum atomic E-state index is 0.210. The second-order valence-electron chi connectivity index (χ2n) is 5.03. The van der Waals surface area contributed by atoms with Crippen molar-refractivity contribution in [2.75, 3.05) is 26.2 Å². The molecule has 3 heteroatoms. The number of piperidine rings is 1. The van der Waals surface area contributed by atoms with Gasteiger partial charge in [0.2, 0.25) is 0 Å². The molecule has 1 aromatic carbocycles. The molecule has 3 nitrogen and oxygen atoms in total. The first-order chi connectivity index (χ1) is 8.79. The van der Waals surface area contributed by atoms with Gasteiger partial charge in [-0.2, -0.15) is 0 Å². The topological polar surface area (TPSA) is 40.5 Å². The Morgan fingerprint density at radius 2 is 2.11 bits per heavy atom. The Balaban J connectivity index is 1.79. The molecule has 1 fully saturated rings. The highest BCUT2D eigenvalue weighted by atomic mass is 16.3. The maximum absolute atomic E-state index is 12.0. The monoisotopic (exact) mass is 247 g/mol. The van der Waals surface area contributed by atoms with Crippen LogP contribution in [0.5, 0.6) is 0 Å². The molecule has 1 atom stereocenters. The second kappa shape index (κ2) is 6.66. The van der Waals surface area contributed by atoms with Crippen LogP contribution in [0.4, 0.5) is 0 Å². The number of benzene rings is 1. The maximum Gasteiger partial charge on any atom is 0.164 e. The summed E-state index contributed by atoms with van der Waals surface area (Å²) in [5.41, 5.74) is 0.799. The molecule has 0 saturated carbocycles. The molecule has 2 rings (SSSR count). The summed E-state index contributed by atoms with van der Waals surface area (Å²) >= 11 is 0. The SMILES string of the molecule is O=C(CCN1CCC[C@@H](CO)C1)c1ccccc1. The fraction of sp³-hybridized carbons (Fsp3) is 0.533.